The maximum atomic E-state index is 2.78. The van der Waals surface area contributed by atoms with E-state index in [0.29, 0.717) is 17.0 Å². The summed E-state index contributed by atoms with van der Waals surface area (Å²) in [5, 5.41) is 0. The first-order valence-corrected chi connectivity index (χ1v) is 8.56. The SMILES string of the molecule is Cc1cc(C)c(C)c(N2C(C)C3(C)CCC2(C)CC3C)c1. The smallest absolute Gasteiger partial charge is 0.0408 e. The van der Waals surface area contributed by atoms with Gasteiger partial charge in [-0.3, -0.25) is 0 Å². The Balaban J connectivity index is 2.15. The summed E-state index contributed by atoms with van der Waals surface area (Å²) in [6.07, 6.45) is 4.05. The summed E-state index contributed by atoms with van der Waals surface area (Å²) in [7, 11) is 0. The number of hydrogen-bond acceptors (Lipinski definition) is 1. The average molecular weight is 285 g/mol. The lowest BCUT2D eigenvalue weighted by Crippen LogP contribution is -2.68. The van der Waals surface area contributed by atoms with Crippen LogP contribution in [0.4, 0.5) is 5.69 Å². The summed E-state index contributed by atoms with van der Waals surface area (Å²) >= 11 is 0. The second kappa shape index (κ2) is 4.51. The second-order valence-electron chi connectivity index (χ2n) is 8.38. The third kappa shape index (κ3) is 1.96. The fourth-order valence-electron chi connectivity index (χ4n) is 5.15. The molecule has 2 aliphatic heterocycles. The van der Waals surface area contributed by atoms with Gasteiger partial charge in [0.2, 0.25) is 0 Å². The number of anilines is 1. The van der Waals surface area contributed by atoms with Gasteiger partial charge in [0.15, 0.2) is 0 Å². The Morgan fingerprint density at radius 3 is 2.33 bits per heavy atom. The number of fused-ring (bicyclic) bond motifs is 3. The number of aryl methyl sites for hydroxylation is 2. The highest BCUT2D eigenvalue weighted by molar-refractivity contribution is 5.61. The van der Waals surface area contributed by atoms with Crippen LogP contribution in [0.2, 0.25) is 0 Å². The standard InChI is InChI=1S/C20H31N/c1-13-10-14(2)16(4)18(11-13)21-17(5)20(7)9-8-19(21,6)12-15(20)3/h10-11,15,17H,8-9,12H2,1-7H3. The molecule has 2 heterocycles. The molecule has 0 amide bonds. The molecule has 21 heavy (non-hydrogen) atoms. The number of benzene rings is 1. The zero-order valence-electron chi connectivity index (χ0n) is 14.9. The molecule has 0 spiro atoms. The summed E-state index contributed by atoms with van der Waals surface area (Å²) in [5.41, 5.74) is 6.57. The van der Waals surface area contributed by atoms with Crippen LogP contribution in [-0.2, 0) is 0 Å². The van der Waals surface area contributed by atoms with Crippen LogP contribution in [0.1, 0.15) is 63.6 Å². The van der Waals surface area contributed by atoms with Gasteiger partial charge in [-0.05, 0) is 88.0 Å². The lowest BCUT2D eigenvalue weighted by atomic mass is 9.54. The molecular formula is C20H31N. The lowest BCUT2D eigenvalue weighted by Gasteiger charge is -2.66. The van der Waals surface area contributed by atoms with Crippen LogP contribution in [0.25, 0.3) is 0 Å². The Morgan fingerprint density at radius 1 is 1.05 bits per heavy atom. The van der Waals surface area contributed by atoms with Crippen molar-refractivity contribution in [3.63, 3.8) is 0 Å². The number of rotatable bonds is 1. The van der Waals surface area contributed by atoms with Crippen molar-refractivity contribution >= 4 is 5.69 Å². The van der Waals surface area contributed by atoms with Gasteiger partial charge in [-0.15, -0.1) is 0 Å². The van der Waals surface area contributed by atoms with Crippen LogP contribution in [0.15, 0.2) is 12.1 Å². The van der Waals surface area contributed by atoms with Gasteiger partial charge in [0.1, 0.15) is 0 Å². The van der Waals surface area contributed by atoms with Gasteiger partial charge in [0.05, 0.1) is 0 Å². The normalized spacial score (nSPS) is 38.9. The van der Waals surface area contributed by atoms with Crippen molar-refractivity contribution in [1.82, 2.24) is 0 Å². The predicted octanol–water partition coefficient (Wildman–Crippen LogP) is 5.41. The van der Waals surface area contributed by atoms with E-state index < -0.39 is 0 Å². The van der Waals surface area contributed by atoms with E-state index in [9.17, 15) is 0 Å². The molecule has 2 saturated heterocycles. The summed E-state index contributed by atoms with van der Waals surface area (Å²) in [4.78, 5) is 2.78. The minimum atomic E-state index is 0.335. The molecule has 3 aliphatic rings. The Kier molecular flexibility index (Phi) is 3.21. The Hall–Kier alpha value is -0.980. The molecule has 1 aromatic carbocycles. The summed E-state index contributed by atoms with van der Waals surface area (Å²) in [6, 6.07) is 5.36. The van der Waals surface area contributed by atoms with Gasteiger partial charge >= 0.3 is 0 Å². The molecule has 1 aromatic rings. The first-order valence-electron chi connectivity index (χ1n) is 8.56. The maximum Gasteiger partial charge on any atom is 0.0408 e. The van der Waals surface area contributed by atoms with E-state index in [1.165, 1.54) is 41.6 Å². The molecule has 116 valence electrons. The zero-order chi connectivity index (χ0) is 15.6. The number of hydrogen-bond donors (Lipinski definition) is 0. The average Bonchev–Trinajstić information content (AvgIpc) is 2.38. The topological polar surface area (TPSA) is 3.24 Å². The quantitative estimate of drug-likeness (QED) is 0.667. The fraction of sp³-hybridized carbons (Fsp3) is 0.700. The Labute approximate surface area is 130 Å². The van der Waals surface area contributed by atoms with Crippen molar-refractivity contribution in [3.05, 3.63) is 28.8 Å². The van der Waals surface area contributed by atoms with E-state index >= 15 is 0 Å². The van der Waals surface area contributed by atoms with Crippen molar-refractivity contribution in [2.24, 2.45) is 11.3 Å². The molecule has 1 nitrogen and oxygen atoms in total. The van der Waals surface area contributed by atoms with Crippen LogP contribution < -0.4 is 4.90 Å². The van der Waals surface area contributed by atoms with E-state index in [0.717, 1.165) is 5.92 Å². The fourth-order valence-corrected chi connectivity index (χ4v) is 5.15. The van der Waals surface area contributed by atoms with Gasteiger partial charge < -0.3 is 4.90 Å². The van der Waals surface area contributed by atoms with E-state index in [-0.39, 0.29) is 0 Å². The van der Waals surface area contributed by atoms with Gasteiger partial charge in [-0.2, -0.15) is 0 Å². The highest BCUT2D eigenvalue weighted by Gasteiger charge is 2.56. The molecule has 3 fully saturated rings. The van der Waals surface area contributed by atoms with Gasteiger partial charge in [-0.1, -0.05) is 19.9 Å². The minimum absolute atomic E-state index is 0.335. The van der Waals surface area contributed by atoms with Gasteiger partial charge in [-0.25, -0.2) is 0 Å². The molecule has 1 heteroatoms. The van der Waals surface area contributed by atoms with E-state index in [1.54, 1.807) is 0 Å². The number of piperidine rings is 2. The molecule has 4 atom stereocenters. The zero-order valence-corrected chi connectivity index (χ0v) is 14.9. The van der Waals surface area contributed by atoms with Crippen molar-refractivity contribution in [3.8, 4) is 0 Å². The first kappa shape index (κ1) is 14.9. The van der Waals surface area contributed by atoms with Gasteiger partial charge in [0, 0.05) is 17.3 Å². The van der Waals surface area contributed by atoms with Crippen LogP contribution in [-0.4, -0.2) is 11.6 Å². The molecule has 0 aromatic heterocycles. The first-order chi connectivity index (χ1) is 9.69. The Morgan fingerprint density at radius 2 is 1.71 bits per heavy atom. The van der Waals surface area contributed by atoms with E-state index in [4.69, 9.17) is 0 Å². The highest BCUT2D eigenvalue weighted by atomic mass is 15.3. The van der Waals surface area contributed by atoms with Crippen molar-refractivity contribution in [1.29, 1.82) is 0 Å². The molecular weight excluding hydrogens is 254 g/mol. The lowest BCUT2D eigenvalue weighted by molar-refractivity contribution is -0.00507. The second-order valence-corrected chi connectivity index (χ2v) is 8.38. The molecule has 0 radical (unpaired) electrons. The largest absolute Gasteiger partial charge is 0.363 e. The van der Waals surface area contributed by atoms with Crippen molar-refractivity contribution in [2.45, 2.75) is 79.3 Å². The molecule has 4 rings (SSSR count). The van der Waals surface area contributed by atoms with Crippen molar-refractivity contribution < 1.29 is 0 Å². The summed E-state index contributed by atoms with van der Waals surface area (Å²) in [6.45, 7) is 16.7. The molecule has 4 unspecified atom stereocenters. The highest BCUT2D eigenvalue weighted by Crippen LogP contribution is 2.58. The monoisotopic (exact) mass is 285 g/mol. The molecule has 0 N–H and O–H groups in total. The number of nitrogens with zero attached hydrogens (tertiary/aromatic N) is 1. The summed E-state index contributed by atoms with van der Waals surface area (Å²) in [5.74, 6) is 0.828. The van der Waals surface area contributed by atoms with E-state index in [2.05, 4.69) is 65.5 Å². The molecule has 1 saturated carbocycles. The van der Waals surface area contributed by atoms with Crippen LogP contribution in [0.3, 0.4) is 0 Å². The maximum absolute atomic E-state index is 2.78. The molecule has 1 aliphatic carbocycles. The minimum Gasteiger partial charge on any atom is -0.363 e. The predicted molar refractivity (Wildman–Crippen MR) is 92.1 cm³/mol. The van der Waals surface area contributed by atoms with Crippen LogP contribution >= 0.6 is 0 Å². The van der Waals surface area contributed by atoms with Gasteiger partial charge in [0.25, 0.3) is 0 Å². The summed E-state index contributed by atoms with van der Waals surface area (Å²) < 4.78 is 0. The van der Waals surface area contributed by atoms with Crippen molar-refractivity contribution in [2.75, 3.05) is 4.90 Å². The Bertz CT molecular complexity index is 575. The third-order valence-corrected chi connectivity index (χ3v) is 7.04. The van der Waals surface area contributed by atoms with Crippen LogP contribution in [0, 0.1) is 32.1 Å². The third-order valence-electron chi connectivity index (χ3n) is 7.04. The van der Waals surface area contributed by atoms with E-state index in [1.807, 2.05) is 0 Å². The van der Waals surface area contributed by atoms with Crippen LogP contribution in [0.5, 0.6) is 0 Å². The molecule has 2 bridgehead atoms.